The Labute approximate surface area is 321 Å². The fraction of sp³-hybridized carbons (Fsp3) is 0.513. The second-order valence-corrected chi connectivity index (χ2v) is 16.5. The molecule has 2 saturated carbocycles. The van der Waals surface area contributed by atoms with Crippen LogP contribution in [0.15, 0.2) is 64.6 Å². The molecule has 1 aromatic heterocycles. The van der Waals surface area contributed by atoms with Crippen molar-refractivity contribution >= 4 is 39.5 Å². The van der Waals surface area contributed by atoms with Crippen molar-refractivity contribution in [1.82, 2.24) is 35.7 Å². The zero-order valence-corrected chi connectivity index (χ0v) is 31.9. The molecule has 0 saturated heterocycles. The van der Waals surface area contributed by atoms with Crippen LogP contribution in [0.3, 0.4) is 0 Å². The van der Waals surface area contributed by atoms with Crippen LogP contribution >= 0.6 is 0 Å². The van der Waals surface area contributed by atoms with E-state index in [1.54, 1.807) is 35.0 Å². The topological polar surface area (TPSA) is 220 Å². The van der Waals surface area contributed by atoms with Gasteiger partial charge in [0.2, 0.25) is 23.6 Å². The summed E-state index contributed by atoms with van der Waals surface area (Å²) in [5.74, 6) is -0.325. The van der Waals surface area contributed by atoms with Gasteiger partial charge in [0.25, 0.3) is 10.0 Å². The normalized spacial score (nSPS) is 18.1. The highest BCUT2D eigenvalue weighted by molar-refractivity contribution is 7.90. The minimum atomic E-state index is -3.58. The predicted molar refractivity (Wildman–Crippen MR) is 205 cm³/mol. The smallest absolute Gasteiger partial charge is 0.263 e. The van der Waals surface area contributed by atoms with E-state index in [0.717, 1.165) is 30.5 Å². The number of nitrogens with two attached hydrogens (primary N) is 1. The van der Waals surface area contributed by atoms with Crippen LogP contribution in [-0.2, 0) is 48.6 Å². The molecule has 0 spiro atoms. The number of rotatable bonds is 19. The molecule has 0 radical (unpaired) electrons. The maximum atomic E-state index is 13.3. The Morgan fingerprint density at radius 2 is 1.65 bits per heavy atom. The standard InChI is InChI=1S/C39H51N9O6S/c40-37(51)32(24-42-34(49)13-5-2-8-20-41-38-31-11-6-7-12-33(31)55(53,54)46-38)44-35(50)22-27-14-16-28(17-15-27)23-43-39(52)36(29-18-19-29)48-25-30(45-47-48)21-26-9-3-1-4-10-26/h6-7,11-12,14-17,25-26,29,32,36H,1-5,8-10,13,18-24H2,(H2,40,51)(H,41,46)(H,42,49)(H,43,52)(H,44,50)/t32?,36-/m0/s1. The summed E-state index contributed by atoms with van der Waals surface area (Å²) in [5.41, 5.74) is 8.60. The van der Waals surface area contributed by atoms with Crippen molar-refractivity contribution in [2.75, 3.05) is 13.1 Å². The van der Waals surface area contributed by atoms with E-state index in [2.05, 4.69) is 36.0 Å². The molecule has 294 valence electrons. The van der Waals surface area contributed by atoms with Crippen molar-refractivity contribution in [2.24, 2.45) is 22.6 Å². The number of unbranched alkanes of at least 4 members (excludes halogenated alkanes) is 2. The Morgan fingerprint density at radius 1 is 0.909 bits per heavy atom. The van der Waals surface area contributed by atoms with Gasteiger partial charge in [-0.3, -0.25) is 28.9 Å². The van der Waals surface area contributed by atoms with Gasteiger partial charge in [0.15, 0.2) is 0 Å². The second kappa shape index (κ2) is 18.5. The highest BCUT2D eigenvalue weighted by Crippen LogP contribution is 2.40. The summed E-state index contributed by atoms with van der Waals surface area (Å²) in [5, 5.41) is 17.1. The molecular formula is C39H51N9O6S. The van der Waals surface area contributed by atoms with E-state index in [-0.39, 0.29) is 48.1 Å². The highest BCUT2D eigenvalue weighted by atomic mass is 32.2. The molecule has 6 N–H and O–H groups in total. The van der Waals surface area contributed by atoms with Crippen molar-refractivity contribution in [3.8, 4) is 0 Å². The van der Waals surface area contributed by atoms with Crippen LogP contribution in [0.4, 0.5) is 0 Å². The van der Waals surface area contributed by atoms with Crippen molar-refractivity contribution in [3.05, 3.63) is 77.1 Å². The summed E-state index contributed by atoms with van der Waals surface area (Å²) >= 11 is 0. The molecule has 6 rings (SSSR count). The molecular weight excluding hydrogens is 723 g/mol. The summed E-state index contributed by atoms with van der Waals surface area (Å²) < 4.78 is 28.6. The molecule has 3 aromatic rings. The van der Waals surface area contributed by atoms with E-state index in [1.807, 2.05) is 18.3 Å². The molecule has 2 heterocycles. The lowest BCUT2D eigenvalue weighted by atomic mass is 9.86. The molecule has 2 aromatic carbocycles. The molecule has 0 bridgehead atoms. The van der Waals surface area contributed by atoms with Crippen LogP contribution in [0.5, 0.6) is 0 Å². The number of sulfonamides is 1. The Morgan fingerprint density at radius 3 is 2.40 bits per heavy atom. The molecule has 16 heteroatoms. The van der Waals surface area contributed by atoms with Crippen molar-refractivity contribution in [2.45, 2.75) is 107 Å². The van der Waals surface area contributed by atoms with Crippen LogP contribution in [0, 0.1) is 11.8 Å². The SMILES string of the molecule is NC(=O)C(CNC(=O)CCCCCN=C1NS(=O)(=O)c2ccccc21)NC(=O)Cc1ccc(CNC(=O)[C@H](C2CC2)n2cc(CC3CCCCC3)nn2)cc1. The molecule has 1 unspecified atom stereocenters. The number of hydrogen-bond donors (Lipinski definition) is 5. The van der Waals surface area contributed by atoms with Gasteiger partial charge < -0.3 is 21.7 Å². The van der Waals surface area contributed by atoms with Crippen molar-refractivity contribution in [1.29, 1.82) is 0 Å². The van der Waals surface area contributed by atoms with E-state index < -0.39 is 27.9 Å². The Balaban J connectivity index is 0.878. The maximum absolute atomic E-state index is 13.3. The van der Waals surface area contributed by atoms with Gasteiger partial charge in [-0.05, 0) is 67.2 Å². The summed E-state index contributed by atoms with van der Waals surface area (Å²) in [6.45, 7) is 0.592. The number of carbonyl (C=O) groups excluding carboxylic acids is 4. The molecule has 1 aliphatic heterocycles. The third-order valence-corrected chi connectivity index (χ3v) is 11.8. The fourth-order valence-electron chi connectivity index (χ4n) is 7.23. The lowest BCUT2D eigenvalue weighted by Crippen LogP contribution is -2.51. The number of amidine groups is 1. The first kappa shape index (κ1) is 39.6. The largest absolute Gasteiger partial charge is 0.368 e. The highest BCUT2D eigenvalue weighted by Gasteiger charge is 2.38. The van der Waals surface area contributed by atoms with Crippen LogP contribution in [0.2, 0.25) is 0 Å². The molecule has 2 aliphatic carbocycles. The average Bonchev–Trinajstić information content (AvgIpc) is 3.84. The number of nitrogens with one attached hydrogen (secondary N) is 4. The summed E-state index contributed by atoms with van der Waals surface area (Å²) in [7, 11) is -3.58. The third-order valence-electron chi connectivity index (χ3n) is 10.4. The zero-order valence-electron chi connectivity index (χ0n) is 31.0. The number of hydrogen-bond acceptors (Lipinski definition) is 9. The van der Waals surface area contributed by atoms with Crippen LogP contribution < -0.4 is 26.4 Å². The van der Waals surface area contributed by atoms with Gasteiger partial charge in [-0.15, -0.1) is 5.10 Å². The van der Waals surface area contributed by atoms with Gasteiger partial charge in [-0.1, -0.05) is 80.1 Å². The molecule has 15 nitrogen and oxygen atoms in total. The van der Waals surface area contributed by atoms with E-state index in [4.69, 9.17) is 5.73 Å². The van der Waals surface area contributed by atoms with Crippen LogP contribution in [-0.4, -0.2) is 72.0 Å². The molecule has 2 fully saturated rings. The number of amides is 4. The fourth-order valence-corrected chi connectivity index (χ4v) is 8.49. The summed E-state index contributed by atoms with van der Waals surface area (Å²) in [4.78, 5) is 55.2. The van der Waals surface area contributed by atoms with E-state index >= 15 is 0 Å². The Bertz CT molecular complexity index is 1970. The first-order valence-electron chi connectivity index (χ1n) is 19.3. The number of benzene rings is 2. The van der Waals surface area contributed by atoms with Gasteiger partial charge in [0.05, 0.1) is 17.0 Å². The third kappa shape index (κ3) is 11.2. The number of nitrogens with zero attached hydrogens (tertiary/aromatic N) is 4. The minimum absolute atomic E-state index is 0.000833. The lowest BCUT2D eigenvalue weighted by Gasteiger charge is -2.20. The predicted octanol–water partition coefficient (Wildman–Crippen LogP) is 2.60. The summed E-state index contributed by atoms with van der Waals surface area (Å²) in [6, 6.07) is 12.5. The maximum Gasteiger partial charge on any atom is 0.263 e. The van der Waals surface area contributed by atoms with Gasteiger partial charge in [0.1, 0.15) is 17.9 Å². The lowest BCUT2D eigenvalue weighted by molar-refractivity contribution is -0.127. The molecule has 2 atom stereocenters. The Kier molecular flexibility index (Phi) is 13.3. The molecule has 55 heavy (non-hydrogen) atoms. The average molecular weight is 774 g/mol. The van der Waals surface area contributed by atoms with Gasteiger partial charge in [-0.2, -0.15) is 0 Å². The quantitative estimate of drug-likeness (QED) is 0.114. The first-order chi connectivity index (χ1) is 26.6. The van der Waals surface area contributed by atoms with Gasteiger partial charge in [-0.25, -0.2) is 13.1 Å². The Hall–Kier alpha value is -5.12. The number of fused-ring (bicyclic) bond motifs is 1. The van der Waals surface area contributed by atoms with E-state index in [1.165, 1.54) is 38.2 Å². The van der Waals surface area contributed by atoms with E-state index in [0.29, 0.717) is 55.2 Å². The monoisotopic (exact) mass is 773 g/mol. The van der Waals surface area contributed by atoms with Crippen molar-refractivity contribution in [3.63, 3.8) is 0 Å². The number of aliphatic imine (C=N–C) groups is 1. The molecule has 4 amide bonds. The van der Waals surface area contributed by atoms with Crippen LogP contribution in [0.25, 0.3) is 0 Å². The first-order valence-corrected chi connectivity index (χ1v) is 20.8. The number of primary amides is 1. The minimum Gasteiger partial charge on any atom is -0.368 e. The van der Waals surface area contributed by atoms with E-state index in [9.17, 15) is 27.6 Å². The zero-order chi connectivity index (χ0) is 38.8. The second-order valence-electron chi connectivity index (χ2n) is 14.9. The van der Waals surface area contributed by atoms with Crippen LogP contribution in [0.1, 0.15) is 99.1 Å². The number of aromatic nitrogens is 3. The van der Waals surface area contributed by atoms with Gasteiger partial charge >= 0.3 is 0 Å². The molecule has 3 aliphatic rings. The van der Waals surface area contributed by atoms with Crippen molar-refractivity contribution < 1.29 is 27.6 Å². The number of carbonyl (C=O) groups is 4. The van der Waals surface area contributed by atoms with Gasteiger partial charge in [0, 0.05) is 37.8 Å². The summed E-state index contributed by atoms with van der Waals surface area (Å²) in [6.07, 6.45) is 13.3.